The van der Waals surface area contributed by atoms with Gasteiger partial charge in [0, 0.05) is 30.8 Å². The average molecular weight is 288 g/mol. The van der Waals surface area contributed by atoms with Crippen molar-refractivity contribution in [3.63, 3.8) is 0 Å². The number of pyridine rings is 1. The fraction of sp³-hybridized carbons (Fsp3) is 0.471. The quantitative estimate of drug-likeness (QED) is 0.759. The first kappa shape index (κ1) is 15.9. The maximum Gasteiger partial charge on any atom is 0.0705 e. The number of benzene rings is 1. The summed E-state index contributed by atoms with van der Waals surface area (Å²) < 4.78 is 10.5. The number of ether oxygens (including phenoxy) is 2. The van der Waals surface area contributed by atoms with E-state index in [9.17, 15) is 0 Å². The summed E-state index contributed by atoms with van der Waals surface area (Å²) in [5.74, 6) is 0. The number of nitrogens with one attached hydrogen (secondary N) is 1. The van der Waals surface area contributed by atoms with E-state index in [0.717, 1.165) is 24.2 Å². The van der Waals surface area contributed by atoms with Gasteiger partial charge in [-0.3, -0.25) is 4.98 Å². The van der Waals surface area contributed by atoms with E-state index in [2.05, 4.69) is 34.6 Å². The summed E-state index contributed by atoms with van der Waals surface area (Å²) in [6.07, 6.45) is 0.936. The lowest BCUT2D eigenvalue weighted by Crippen LogP contribution is -2.18. The Morgan fingerprint density at radius 1 is 1.14 bits per heavy atom. The molecule has 0 aliphatic rings. The van der Waals surface area contributed by atoms with Crippen LogP contribution in [0.4, 0.5) is 0 Å². The van der Waals surface area contributed by atoms with Crippen molar-refractivity contribution in [2.45, 2.75) is 19.4 Å². The van der Waals surface area contributed by atoms with E-state index in [0.29, 0.717) is 19.3 Å². The van der Waals surface area contributed by atoms with Crippen LogP contribution in [0.2, 0.25) is 0 Å². The number of rotatable bonds is 8. The van der Waals surface area contributed by atoms with Crippen molar-refractivity contribution in [2.75, 3.05) is 34.0 Å². The van der Waals surface area contributed by atoms with Gasteiger partial charge in [-0.25, -0.2) is 0 Å². The molecule has 0 radical (unpaired) electrons. The molecule has 4 nitrogen and oxygen atoms in total. The van der Waals surface area contributed by atoms with E-state index < -0.39 is 0 Å². The molecule has 0 aliphatic carbocycles. The minimum Gasteiger partial charge on any atom is -0.382 e. The topological polar surface area (TPSA) is 43.4 Å². The van der Waals surface area contributed by atoms with Crippen LogP contribution in [0.15, 0.2) is 30.3 Å². The third-order valence-electron chi connectivity index (χ3n) is 3.59. The Labute approximate surface area is 126 Å². The van der Waals surface area contributed by atoms with Crippen LogP contribution in [0.25, 0.3) is 10.9 Å². The van der Waals surface area contributed by atoms with Crippen molar-refractivity contribution < 1.29 is 9.47 Å². The van der Waals surface area contributed by atoms with Gasteiger partial charge >= 0.3 is 0 Å². The third-order valence-corrected chi connectivity index (χ3v) is 3.59. The highest BCUT2D eigenvalue weighted by atomic mass is 16.5. The summed E-state index contributed by atoms with van der Waals surface area (Å²) >= 11 is 0. The number of methoxy groups -OCH3 is 1. The summed E-state index contributed by atoms with van der Waals surface area (Å²) in [5.41, 5.74) is 3.36. The van der Waals surface area contributed by atoms with Gasteiger partial charge in [-0.2, -0.15) is 0 Å². The smallest absolute Gasteiger partial charge is 0.0705 e. The summed E-state index contributed by atoms with van der Waals surface area (Å²) in [7, 11) is 3.67. The largest absolute Gasteiger partial charge is 0.382 e. The van der Waals surface area contributed by atoms with Gasteiger partial charge in [0.15, 0.2) is 0 Å². The van der Waals surface area contributed by atoms with Crippen LogP contribution in [0.3, 0.4) is 0 Å². The zero-order chi connectivity index (χ0) is 15.1. The van der Waals surface area contributed by atoms with E-state index in [4.69, 9.17) is 9.47 Å². The summed E-state index contributed by atoms with van der Waals surface area (Å²) in [5, 5.41) is 4.53. The lowest BCUT2D eigenvalue weighted by molar-refractivity contribution is 0.0661. The first-order valence-corrected chi connectivity index (χ1v) is 7.36. The Morgan fingerprint density at radius 3 is 2.76 bits per heavy atom. The fourth-order valence-corrected chi connectivity index (χ4v) is 2.39. The van der Waals surface area contributed by atoms with E-state index in [1.165, 1.54) is 10.9 Å². The first-order chi connectivity index (χ1) is 10.2. The van der Waals surface area contributed by atoms with E-state index >= 15 is 0 Å². The van der Waals surface area contributed by atoms with Crippen LogP contribution in [0.1, 0.15) is 23.7 Å². The van der Waals surface area contributed by atoms with Crippen LogP contribution in [0, 0.1) is 6.92 Å². The van der Waals surface area contributed by atoms with E-state index in [1.54, 1.807) is 7.11 Å². The molecule has 21 heavy (non-hydrogen) atoms. The van der Waals surface area contributed by atoms with Crippen LogP contribution in [0.5, 0.6) is 0 Å². The van der Waals surface area contributed by atoms with Crippen molar-refractivity contribution >= 4 is 10.9 Å². The van der Waals surface area contributed by atoms with Gasteiger partial charge in [-0.15, -0.1) is 0 Å². The van der Waals surface area contributed by atoms with Gasteiger partial charge in [0.25, 0.3) is 0 Å². The van der Waals surface area contributed by atoms with Gasteiger partial charge in [0.2, 0.25) is 0 Å². The Kier molecular flexibility index (Phi) is 6.11. The van der Waals surface area contributed by atoms with Gasteiger partial charge in [-0.05, 0) is 44.2 Å². The normalized spacial score (nSPS) is 12.7. The van der Waals surface area contributed by atoms with Crippen molar-refractivity contribution in [2.24, 2.45) is 0 Å². The molecule has 4 heteroatoms. The first-order valence-electron chi connectivity index (χ1n) is 7.36. The Balaban J connectivity index is 2.02. The van der Waals surface area contributed by atoms with Gasteiger partial charge < -0.3 is 14.8 Å². The second-order valence-electron chi connectivity index (χ2n) is 5.14. The predicted molar refractivity (Wildman–Crippen MR) is 85.6 cm³/mol. The fourth-order valence-electron chi connectivity index (χ4n) is 2.39. The summed E-state index contributed by atoms with van der Waals surface area (Å²) in [6, 6.07) is 10.9. The molecule has 1 heterocycles. The Morgan fingerprint density at radius 2 is 2.00 bits per heavy atom. The molecular weight excluding hydrogens is 264 g/mol. The highest BCUT2D eigenvalue weighted by Gasteiger charge is 2.10. The number of aryl methyl sites for hydroxylation is 1. The summed E-state index contributed by atoms with van der Waals surface area (Å²) in [6.45, 7) is 4.03. The number of hydrogen-bond donors (Lipinski definition) is 1. The lowest BCUT2D eigenvalue weighted by atomic mass is 10.0. The lowest BCUT2D eigenvalue weighted by Gasteiger charge is -2.17. The zero-order valence-corrected chi connectivity index (χ0v) is 13.1. The molecule has 2 aromatic rings. The molecule has 1 aromatic carbocycles. The predicted octanol–water partition coefficient (Wildman–Crippen LogP) is 2.86. The average Bonchev–Trinajstić information content (AvgIpc) is 2.50. The van der Waals surface area contributed by atoms with Gasteiger partial charge in [-0.1, -0.05) is 12.1 Å². The van der Waals surface area contributed by atoms with Crippen LogP contribution in [-0.2, 0) is 9.47 Å². The molecule has 0 bridgehead atoms. The molecular formula is C17H24N2O2. The molecule has 1 aromatic heterocycles. The van der Waals surface area contributed by atoms with E-state index in [1.807, 2.05) is 20.0 Å². The molecule has 114 valence electrons. The number of aromatic nitrogens is 1. The standard InChI is InChI=1S/C17H24N2O2/c1-13-4-5-15-12-14(6-7-17(15)19-13)16(18-2)8-9-21-11-10-20-3/h4-7,12,16,18H,8-11H2,1-3H3. The molecule has 0 aliphatic heterocycles. The van der Waals surface area contributed by atoms with Crippen molar-refractivity contribution in [1.82, 2.24) is 10.3 Å². The highest BCUT2D eigenvalue weighted by molar-refractivity contribution is 5.79. The van der Waals surface area contributed by atoms with Gasteiger partial charge in [0.05, 0.1) is 18.7 Å². The SMILES string of the molecule is CNC(CCOCCOC)c1ccc2nc(C)ccc2c1. The molecule has 0 saturated heterocycles. The highest BCUT2D eigenvalue weighted by Crippen LogP contribution is 2.21. The maximum atomic E-state index is 5.55. The maximum absolute atomic E-state index is 5.55. The number of fused-ring (bicyclic) bond motifs is 1. The molecule has 0 amide bonds. The second kappa shape index (κ2) is 8.08. The van der Waals surface area contributed by atoms with Crippen molar-refractivity contribution in [3.8, 4) is 0 Å². The molecule has 0 fully saturated rings. The summed E-state index contributed by atoms with van der Waals surface area (Å²) in [4.78, 5) is 4.54. The minimum absolute atomic E-state index is 0.290. The number of nitrogens with zero attached hydrogens (tertiary/aromatic N) is 1. The van der Waals surface area contributed by atoms with Crippen LogP contribution in [-0.4, -0.2) is 39.0 Å². The second-order valence-corrected chi connectivity index (χ2v) is 5.14. The zero-order valence-electron chi connectivity index (χ0n) is 13.1. The van der Waals surface area contributed by atoms with Crippen LogP contribution >= 0.6 is 0 Å². The Hall–Kier alpha value is -1.49. The minimum atomic E-state index is 0.290. The molecule has 0 saturated carbocycles. The monoisotopic (exact) mass is 288 g/mol. The number of hydrogen-bond acceptors (Lipinski definition) is 4. The molecule has 1 atom stereocenters. The van der Waals surface area contributed by atoms with Gasteiger partial charge in [0.1, 0.15) is 0 Å². The molecule has 0 spiro atoms. The van der Waals surface area contributed by atoms with Crippen LogP contribution < -0.4 is 5.32 Å². The molecule has 1 N–H and O–H groups in total. The van der Waals surface area contributed by atoms with Crippen molar-refractivity contribution in [3.05, 3.63) is 41.6 Å². The van der Waals surface area contributed by atoms with E-state index in [-0.39, 0.29) is 0 Å². The molecule has 2 rings (SSSR count). The van der Waals surface area contributed by atoms with Crippen molar-refractivity contribution in [1.29, 1.82) is 0 Å². The Bertz CT molecular complexity index is 572. The third kappa shape index (κ3) is 4.49. The molecule has 1 unspecified atom stereocenters.